The number of amides is 1. The molecule has 122 valence electrons. The fraction of sp³-hybridized carbons (Fsp3) is 0.625. The van der Waals surface area contributed by atoms with E-state index < -0.39 is 5.91 Å². The zero-order valence-corrected chi connectivity index (χ0v) is 13.4. The van der Waals surface area contributed by atoms with E-state index in [1.54, 1.807) is 18.3 Å². The number of likely N-dealkylation sites (tertiary alicyclic amines) is 1. The van der Waals surface area contributed by atoms with Gasteiger partial charge in [-0.3, -0.25) is 9.78 Å². The monoisotopic (exact) mass is 306 g/mol. The van der Waals surface area contributed by atoms with Crippen LogP contribution in [-0.2, 0) is 0 Å². The fourth-order valence-electron chi connectivity index (χ4n) is 2.57. The van der Waals surface area contributed by atoms with Crippen LogP contribution < -0.4 is 15.8 Å². The lowest BCUT2D eigenvalue weighted by Crippen LogP contribution is -2.42. The van der Waals surface area contributed by atoms with Gasteiger partial charge in [-0.2, -0.15) is 0 Å². The van der Waals surface area contributed by atoms with E-state index in [2.05, 4.69) is 29.0 Å². The summed E-state index contributed by atoms with van der Waals surface area (Å²) < 4.78 is 5.95. The highest BCUT2D eigenvalue weighted by Crippen LogP contribution is 2.19. The normalized spacial score (nSPS) is 16.9. The van der Waals surface area contributed by atoms with Crippen LogP contribution >= 0.6 is 0 Å². The molecule has 1 saturated heterocycles. The smallest absolute Gasteiger partial charge is 0.267 e. The Hall–Kier alpha value is -1.66. The molecule has 0 aliphatic carbocycles. The molecule has 1 aromatic rings. The first-order valence-corrected chi connectivity index (χ1v) is 7.93. The molecule has 1 aliphatic heterocycles. The van der Waals surface area contributed by atoms with Gasteiger partial charge in [0.25, 0.3) is 5.91 Å². The van der Waals surface area contributed by atoms with Crippen molar-refractivity contribution in [3.63, 3.8) is 0 Å². The number of nitrogens with zero attached hydrogens (tertiary/aromatic N) is 2. The van der Waals surface area contributed by atoms with Gasteiger partial charge in [0.15, 0.2) is 0 Å². The van der Waals surface area contributed by atoms with Crippen molar-refractivity contribution in [3.05, 3.63) is 24.0 Å². The van der Waals surface area contributed by atoms with Gasteiger partial charge < -0.3 is 20.7 Å². The second-order valence-electron chi connectivity index (χ2n) is 6.01. The molecule has 0 spiro atoms. The number of carbonyl (C=O) groups excluding carboxylic acids is 1. The van der Waals surface area contributed by atoms with Crippen molar-refractivity contribution >= 4 is 5.91 Å². The van der Waals surface area contributed by atoms with Crippen molar-refractivity contribution in [1.29, 1.82) is 0 Å². The Morgan fingerprint density at radius 2 is 2.23 bits per heavy atom. The lowest BCUT2D eigenvalue weighted by atomic mass is 10.1. The quantitative estimate of drug-likeness (QED) is 0.786. The number of carbonyl (C=O) groups is 1. The van der Waals surface area contributed by atoms with E-state index in [1.165, 1.54) is 0 Å². The summed E-state index contributed by atoms with van der Waals surface area (Å²) in [5, 5.41) is 3.44. The number of piperidine rings is 1. The molecule has 0 bridgehead atoms. The third-order valence-corrected chi connectivity index (χ3v) is 3.80. The van der Waals surface area contributed by atoms with E-state index >= 15 is 0 Å². The molecule has 2 heterocycles. The number of rotatable bonds is 7. The van der Waals surface area contributed by atoms with Crippen molar-refractivity contribution < 1.29 is 9.53 Å². The summed E-state index contributed by atoms with van der Waals surface area (Å²) in [6, 6.07) is 3.92. The van der Waals surface area contributed by atoms with Crippen molar-refractivity contribution in [3.8, 4) is 5.75 Å². The number of hydrogen-bond donors (Lipinski definition) is 2. The molecule has 1 aromatic heterocycles. The van der Waals surface area contributed by atoms with Crippen molar-refractivity contribution in [2.24, 2.45) is 5.73 Å². The van der Waals surface area contributed by atoms with E-state index in [9.17, 15) is 4.79 Å². The van der Waals surface area contributed by atoms with Gasteiger partial charge in [-0.05, 0) is 18.9 Å². The fourth-order valence-corrected chi connectivity index (χ4v) is 2.57. The van der Waals surface area contributed by atoms with Crippen LogP contribution in [0, 0.1) is 0 Å². The highest BCUT2D eigenvalue weighted by Gasteiger charge is 2.20. The molecule has 1 amide bonds. The van der Waals surface area contributed by atoms with Gasteiger partial charge in [0.05, 0.1) is 0 Å². The minimum absolute atomic E-state index is 0.192. The second-order valence-corrected chi connectivity index (χ2v) is 6.01. The summed E-state index contributed by atoms with van der Waals surface area (Å²) in [5.41, 5.74) is 5.48. The lowest BCUT2D eigenvalue weighted by Gasteiger charge is -2.32. The molecule has 1 aliphatic rings. The van der Waals surface area contributed by atoms with Crippen LogP contribution in [0.2, 0.25) is 0 Å². The highest BCUT2D eigenvalue weighted by atomic mass is 16.5. The largest absolute Gasteiger partial charge is 0.490 e. The van der Waals surface area contributed by atoms with Gasteiger partial charge in [0.1, 0.15) is 17.5 Å². The second kappa shape index (κ2) is 8.10. The first-order chi connectivity index (χ1) is 10.5. The van der Waals surface area contributed by atoms with E-state index in [0.717, 1.165) is 39.0 Å². The first kappa shape index (κ1) is 16.7. The molecule has 0 saturated carbocycles. The number of pyridine rings is 1. The standard InChI is InChI=1S/C16H26N4O2/c1-12(2)18-7-10-20-8-4-13(5-9-20)22-14-3-6-19-15(11-14)16(17)21/h3,6,11-13,18H,4-5,7-10H2,1-2H3,(H2,17,21). The van der Waals surface area contributed by atoms with Gasteiger partial charge in [0, 0.05) is 44.5 Å². The Bertz CT molecular complexity index is 485. The van der Waals surface area contributed by atoms with Gasteiger partial charge in [-0.25, -0.2) is 0 Å². The first-order valence-electron chi connectivity index (χ1n) is 7.93. The zero-order chi connectivity index (χ0) is 15.9. The van der Waals surface area contributed by atoms with Crippen molar-refractivity contribution in [1.82, 2.24) is 15.2 Å². The topological polar surface area (TPSA) is 80.5 Å². The summed E-state index contributed by atoms with van der Waals surface area (Å²) in [7, 11) is 0. The van der Waals surface area contributed by atoms with Gasteiger partial charge in [-0.1, -0.05) is 13.8 Å². The van der Waals surface area contributed by atoms with E-state index in [0.29, 0.717) is 11.8 Å². The number of primary amides is 1. The third kappa shape index (κ3) is 5.27. The van der Waals surface area contributed by atoms with Crippen LogP contribution in [0.25, 0.3) is 0 Å². The molecular weight excluding hydrogens is 280 g/mol. The Labute approximate surface area is 132 Å². The summed E-state index contributed by atoms with van der Waals surface area (Å²) in [4.78, 5) is 17.5. The van der Waals surface area contributed by atoms with Crippen LogP contribution in [0.5, 0.6) is 5.75 Å². The molecule has 6 heteroatoms. The summed E-state index contributed by atoms with van der Waals surface area (Å²) in [5.74, 6) is 0.140. The predicted octanol–water partition coefficient (Wildman–Crippen LogP) is 1.02. The Balaban J connectivity index is 1.75. The molecule has 0 aromatic carbocycles. The molecule has 0 atom stereocenters. The average Bonchev–Trinajstić information content (AvgIpc) is 2.49. The molecule has 0 unspecified atom stereocenters. The third-order valence-electron chi connectivity index (χ3n) is 3.80. The summed E-state index contributed by atoms with van der Waals surface area (Å²) in [6.45, 7) is 8.50. The highest BCUT2D eigenvalue weighted by molar-refractivity contribution is 5.91. The SMILES string of the molecule is CC(C)NCCN1CCC(Oc2ccnc(C(N)=O)c2)CC1. The van der Waals surface area contributed by atoms with Crippen molar-refractivity contribution in [2.45, 2.75) is 38.8 Å². The van der Waals surface area contributed by atoms with Crippen LogP contribution in [-0.4, -0.2) is 54.1 Å². The lowest BCUT2D eigenvalue weighted by molar-refractivity contribution is 0.0975. The Kier molecular flexibility index (Phi) is 6.15. The molecule has 0 radical (unpaired) electrons. The van der Waals surface area contributed by atoms with E-state index in [4.69, 9.17) is 10.5 Å². The minimum atomic E-state index is -0.530. The van der Waals surface area contributed by atoms with Crippen molar-refractivity contribution in [2.75, 3.05) is 26.2 Å². The maximum atomic E-state index is 11.1. The maximum absolute atomic E-state index is 11.1. The summed E-state index contributed by atoms with van der Waals surface area (Å²) in [6.07, 6.45) is 3.74. The van der Waals surface area contributed by atoms with Crippen LogP contribution in [0.4, 0.5) is 0 Å². The average molecular weight is 306 g/mol. The molecular formula is C16H26N4O2. The maximum Gasteiger partial charge on any atom is 0.267 e. The number of nitrogens with one attached hydrogen (secondary N) is 1. The minimum Gasteiger partial charge on any atom is -0.490 e. The summed E-state index contributed by atoms with van der Waals surface area (Å²) >= 11 is 0. The Morgan fingerprint density at radius 3 is 2.86 bits per heavy atom. The zero-order valence-electron chi connectivity index (χ0n) is 13.4. The molecule has 1 fully saturated rings. The molecule has 3 N–H and O–H groups in total. The molecule has 6 nitrogen and oxygen atoms in total. The number of aromatic nitrogens is 1. The number of ether oxygens (including phenoxy) is 1. The van der Waals surface area contributed by atoms with Gasteiger partial charge in [-0.15, -0.1) is 0 Å². The Morgan fingerprint density at radius 1 is 1.50 bits per heavy atom. The number of hydrogen-bond acceptors (Lipinski definition) is 5. The predicted molar refractivity (Wildman–Crippen MR) is 86.0 cm³/mol. The molecule has 2 rings (SSSR count). The van der Waals surface area contributed by atoms with E-state index in [1.807, 2.05) is 0 Å². The van der Waals surface area contributed by atoms with Crippen LogP contribution in [0.1, 0.15) is 37.2 Å². The number of nitrogens with two attached hydrogens (primary N) is 1. The van der Waals surface area contributed by atoms with E-state index in [-0.39, 0.29) is 11.8 Å². The van der Waals surface area contributed by atoms with Gasteiger partial charge in [0.2, 0.25) is 0 Å². The molecule has 22 heavy (non-hydrogen) atoms. The van der Waals surface area contributed by atoms with Crippen LogP contribution in [0.3, 0.4) is 0 Å². The van der Waals surface area contributed by atoms with Gasteiger partial charge >= 0.3 is 0 Å². The van der Waals surface area contributed by atoms with Crippen LogP contribution in [0.15, 0.2) is 18.3 Å².